The molecule has 0 spiro atoms. The molecule has 64 valence electrons. The van der Waals surface area contributed by atoms with Gasteiger partial charge in [0.2, 0.25) is 0 Å². The monoisotopic (exact) mass is 186 g/mol. The van der Waals surface area contributed by atoms with Gasteiger partial charge in [0, 0.05) is 5.69 Å². The molecule has 0 fully saturated rings. The minimum Gasteiger partial charge on any atom is -0.376 e. The quantitative estimate of drug-likeness (QED) is 0.657. The van der Waals surface area contributed by atoms with E-state index < -0.39 is 0 Å². The maximum absolute atomic E-state index is 12.8. The zero-order valence-corrected chi connectivity index (χ0v) is 7.33. The van der Waals surface area contributed by atoms with Crippen LogP contribution in [0, 0.1) is 12.7 Å². The minimum absolute atomic E-state index is 0.186. The number of aryl methyl sites for hydroxylation is 1. The van der Waals surface area contributed by atoms with E-state index in [-0.39, 0.29) is 10.9 Å². The molecule has 0 aliphatic heterocycles. The Kier molecular flexibility index (Phi) is 2.18. The fourth-order valence-electron chi connectivity index (χ4n) is 0.854. The van der Waals surface area contributed by atoms with Gasteiger partial charge in [-0.05, 0) is 42.9 Å². The van der Waals surface area contributed by atoms with Crippen molar-refractivity contribution in [3.8, 4) is 0 Å². The van der Waals surface area contributed by atoms with Gasteiger partial charge in [-0.15, -0.1) is 0 Å². The first kappa shape index (κ1) is 7.49. The molecule has 0 heterocycles. The van der Waals surface area contributed by atoms with Crippen LogP contribution in [0.4, 0.5) is 10.1 Å². The number of anilines is 1. The number of nitrogens with two attached hydrogens (primary N) is 1. The Labute approximate surface area is 77.0 Å². The Balaban J connectivity index is 2.79. The summed E-state index contributed by atoms with van der Waals surface area (Å²) < 4.78 is 19.5. The molecule has 0 aliphatic carbocycles. The summed E-state index contributed by atoms with van der Waals surface area (Å²) in [5.41, 5.74) is 3.23. The molecular formula is C8H9FN2S. The van der Waals surface area contributed by atoms with E-state index in [1.807, 2.05) is 5.73 Å². The predicted octanol–water partition coefficient (Wildman–Crippen LogP) is 1.79. The standard InChI is InChI=1S/C8H9FN2S/c1-5-4-6(11-8(10)12)2-3-7(5)9/h2-4H,1H3,(H3,10,11,12)/i/hT. The lowest BCUT2D eigenvalue weighted by molar-refractivity contribution is 0.619. The predicted molar refractivity (Wildman–Crippen MR) is 51.5 cm³/mol. The Hall–Kier alpha value is -1.16. The van der Waals surface area contributed by atoms with E-state index in [1.54, 1.807) is 19.1 Å². The third kappa shape index (κ3) is 2.17. The molecule has 0 bridgehead atoms. The maximum Gasteiger partial charge on any atom is 0.168 e. The molecule has 0 amide bonds. The van der Waals surface area contributed by atoms with Crippen molar-refractivity contribution in [2.24, 2.45) is 5.73 Å². The number of hydrogen-bond acceptors (Lipinski definition) is 1. The molecule has 0 radical (unpaired) electrons. The van der Waals surface area contributed by atoms with Crippen molar-refractivity contribution in [3.63, 3.8) is 0 Å². The first-order valence-electron chi connectivity index (χ1n) is 3.88. The van der Waals surface area contributed by atoms with Crippen LogP contribution in [0.2, 0.25) is 1.41 Å². The van der Waals surface area contributed by atoms with E-state index in [4.69, 9.17) is 13.6 Å². The molecule has 0 aromatic heterocycles. The fourth-order valence-corrected chi connectivity index (χ4v) is 0.971. The van der Waals surface area contributed by atoms with Crippen molar-refractivity contribution in [1.29, 1.82) is 0 Å². The largest absolute Gasteiger partial charge is 0.376 e. The second-order valence-corrected chi connectivity index (χ2v) is 2.83. The van der Waals surface area contributed by atoms with Crippen LogP contribution in [0.25, 0.3) is 0 Å². The van der Waals surface area contributed by atoms with Crippen molar-refractivity contribution in [3.05, 3.63) is 29.6 Å². The van der Waals surface area contributed by atoms with E-state index in [0.717, 1.165) is 0 Å². The Morgan fingerprint density at radius 3 is 3.08 bits per heavy atom. The molecule has 0 saturated heterocycles. The number of benzene rings is 1. The summed E-state index contributed by atoms with van der Waals surface area (Å²) in [6.07, 6.45) is 0. The average molecular weight is 186 g/mol. The Morgan fingerprint density at radius 2 is 2.50 bits per heavy atom. The van der Waals surface area contributed by atoms with E-state index in [0.29, 0.717) is 11.3 Å². The van der Waals surface area contributed by atoms with Gasteiger partial charge in [-0.2, -0.15) is 0 Å². The van der Waals surface area contributed by atoms with Gasteiger partial charge in [-0.3, -0.25) is 0 Å². The summed E-state index contributed by atoms with van der Waals surface area (Å²) in [5.74, 6) is -0.254. The average Bonchev–Trinajstić information content (AvgIpc) is 2.11. The van der Waals surface area contributed by atoms with Crippen LogP contribution in [0.5, 0.6) is 0 Å². The van der Waals surface area contributed by atoms with Crippen LogP contribution >= 0.6 is 12.2 Å². The number of halogens is 1. The van der Waals surface area contributed by atoms with Crippen molar-refractivity contribution in [2.45, 2.75) is 6.92 Å². The van der Waals surface area contributed by atoms with Crippen LogP contribution in [0.3, 0.4) is 0 Å². The number of rotatable bonds is 1. The highest BCUT2D eigenvalue weighted by Crippen LogP contribution is 2.12. The first-order valence-corrected chi connectivity index (χ1v) is 3.79. The molecule has 0 atom stereocenters. The fraction of sp³-hybridized carbons (Fsp3) is 0.125. The molecule has 0 aliphatic rings. The van der Waals surface area contributed by atoms with E-state index in [2.05, 4.69) is 5.32 Å². The van der Waals surface area contributed by atoms with E-state index in [9.17, 15) is 4.39 Å². The molecule has 0 unspecified atom stereocenters. The summed E-state index contributed by atoms with van der Waals surface area (Å²) in [7, 11) is 0. The normalized spacial score (nSPS) is 10.3. The maximum atomic E-state index is 12.8. The van der Waals surface area contributed by atoms with Crippen LogP contribution < -0.4 is 11.0 Å². The summed E-state index contributed by atoms with van der Waals surface area (Å²) >= 11 is 4.71. The van der Waals surface area contributed by atoms with Gasteiger partial charge in [0.05, 0.1) is 0 Å². The van der Waals surface area contributed by atoms with Crippen molar-refractivity contribution in [2.75, 3.05) is 5.32 Å². The highest BCUT2D eigenvalue weighted by atomic mass is 32.1. The smallest absolute Gasteiger partial charge is 0.168 e. The summed E-state index contributed by atoms with van der Waals surface area (Å²) in [6, 6.07) is 4.54. The summed E-state index contributed by atoms with van der Waals surface area (Å²) in [5, 5.41) is 2.91. The van der Waals surface area contributed by atoms with Gasteiger partial charge < -0.3 is 11.0 Å². The highest BCUT2D eigenvalue weighted by Gasteiger charge is 1.98. The van der Waals surface area contributed by atoms with Gasteiger partial charge in [-0.25, -0.2) is 4.39 Å². The third-order valence-corrected chi connectivity index (χ3v) is 1.52. The number of nitrogens with one attached hydrogen (secondary N) is 1. The van der Waals surface area contributed by atoms with Crippen LogP contribution in [-0.4, -0.2) is 5.11 Å². The van der Waals surface area contributed by atoms with Crippen LogP contribution in [-0.2, 0) is 0 Å². The molecule has 12 heavy (non-hydrogen) atoms. The first-order chi connectivity index (χ1) is 6.13. The van der Waals surface area contributed by atoms with Crippen LogP contribution in [0.1, 0.15) is 5.56 Å². The lowest BCUT2D eigenvalue weighted by Crippen LogP contribution is -2.18. The van der Waals surface area contributed by atoms with Gasteiger partial charge in [0.25, 0.3) is 0 Å². The van der Waals surface area contributed by atoms with Gasteiger partial charge in [-0.1, -0.05) is 0 Å². The molecule has 0 saturated carbocycles. The number of hydrogen-bond donors (Lipinski definition) is 2. The zero-order valence-electron chi connectivity index (χ0n) is 7.52. The molecule has 1 rings (SSSR count). The third-order valence-electron chi connectivity index (χ3n) is 1.42. The van der Waals surface area contributed by atoms with Gasteiger partial charge in [0.15, 0.2) is 6.52 Å². The highest BCUT2D eigenvalue weighted by molar-refractivity contribution is 7.80. The Morgan fingerprint density at radius 1 is 1.75 bits per heavy atom. The minimum atomic E-state index is -0.254. The molecule has 1 aromatic carbocycles. The van der Waals surface area contributed by atoms with Gasteiger partial charge >= 0.3 is 0 Å². The lowest BCUT2D eigenvalue weighted by Gasteiger charge is -2.04. The van der Waals surface area contributed by atoms with Crippen molar-refractivity contribution < 1.29 is 5.80 Å². The van der Waals surface area contributed by atoms with Gasteiger partial charge in [0.1, 0.15) is 5.82 Å². The molecule has 1 aromatic rings. The molecule has 4 heteroatoms. The molecule has 2 nitrogen and oxygen atoms in total. The summed E-state index contributed by atoms with van der Waals surface area (Å²) in [4.78, 5) is 0. The molecule has 3 N–H and O–H groups in total. The van der Waals surface area contributed by atoms with E-state index >= 15 is 0 Å². The van der Waals surface area contributed by atoms with Crippen molar-refractivity contribution in [1.82, 2.24) is 0 Å². The van der Waals surface area contributed by atoms with E-state index in [1.165, 1.54) is 6.07 Å². The SMILES string of the molecule is [3H]NC(=S)Nc1ccc(F)c(C)c1. The molecular weight excluding hydrogens is 175 g/mol. The Bertz CT molecular complexity index is 330. The second-order valence-electron chi connectivity index (χ2n) is 2.42. The lowest BCUT2D eigenvalue weighted by atomic mass is 10.2. The summed E-state index contributed by atoms with van der Waals surface area (Å²) in [6.45, 7) is 1.66. The second kappa shape index (κ2) is 3.49. The zero-order chi connectivity index (χ0) is 9.84. The van der Waals surface area contributed by atoms with Crippen molar-refractivity contribution >= 4 is 23.0 Å². The topological polar surface area (TPSA) is 38.0 Å². The number of thiocarbonyl (C=S) groups is 1. The van der Waals surface area contributed by atoms with Crippen LogP contribution in [0.15, 0.2) is 18.2 Å².